The molecule has 0 aromatic rings. The molecule has 0 unspecified atom stereocenters. The lowest BCUT2D eigenvalue weighted by Crippen LogP contribution is -1.98. The van der Waals surface area contributed by atoms with Crippen molar-refractivity contribution in [3.8, 4) is 0 Å². The van der Waals surface area contributed by atoms with Crippen LogP contribution >= 0.6 is 0 Å². The fraction of sp³-hybridized carbons (Fsp3) is 0.900. The third-order valence-corrected chi connectivity index (χ3v) is 0.509. The van der Waals surface area contributed by atoms with Gasteiger partial charge in [-0.25, -0.2) is 0 Å². The molecule has 2 nitrogen and oxygen atoms in total. The predicted molar refractivity (Wildman–Crippen MR) is 60.6 cm³/mol. The molecule has 82 valence electrons. The summed E-state index contributed by atoms with van der Waals surface area (Å²) in [7, 11) is 0. The van der Waals surface area contributed by atoms with Gasteiger partial charge in [0.15, 0.2) is 0 Å². The van der Waals surface area contributed by atoms with Crippen molar-refractivity contribution in [1.82, 2.24) is 0 Å². The summed E-state index contributed by atoms with van der Waals surface area (Å²) in [6, 6.07) is 0. The lowest BCUT2D eigenvalue weighted by Gasteiger charge is -1.93. The first-order valence-corrected chi connectivity index (χ1v) is 2.40. The second-order valence-electron chi connectivity index (χ2n) is 1.34. The Morgan fingerprint density at radius 2 is 1.42 bits per heavy atom. The zero-order valence-corrected chi connectivity index (χ0v) is 4.73. The number of ether oxygens (including phenoxy) is 1. The van der Waals surface area contributed by atoms with Gasteiger partial charge in [0, 0.05) is 6.92 Å². The topological polar surface area (TPSA) is 26.3 Å². The van der Waals surface area contributed by atoms with Gasteiger partial charge in [0.05, 0.1) is 6.61 Å². The molecule has 0 aliphatic heterocycles. The monoisotopic (exact) mass is 182 g/mol. The van der Waals surface area contributed by atoms with Gasteiger partial charge in [-0.2, -0.15) is 0 Å². The van der Waals surface area contributed by atoms with Crippen LogP contribution < -0.4 is 0 Å². The zero-order chi connectivity index (χ0) is 5.70. The molecule has 0 fully saturated rings. The summed E-state index contributed by atoms with van der Waals surface area (Å²) in [4.78, 5) is 9.98. The van der Waals surface area contributed by atoms with Crippen LogP contribution in [-0.4, -0.2) is 12.6 Å². The van der Waals surface area contributed by atoms with Crippen LogP contribution in [0.1, 0.15) is 57.4 Å². The summed E-state index contributed by atoms with van der Waals surface area (Å²) in [6.45, 7) is 3.92. The molecule has 12 heavy (non-hydrogen) atoms. The Balaban J connectivity index is -0.0000000180. The molecular weight excluding hydrogens is 152 g/mol. The molecule has 0 bridgehead atoms. The van der Waals surface area contributed by atoms with E-state index in [2.05, 4.69) is 4.74 Å². The van der Waals surface area contributed by atoms with E-state index in [9.17, 15) is 4.79 Å². The maximum absolute atomic E-state index is 9.98. The molecule has 0 radical (unpaired) electrons. The number of carbonyl (C=O) groups excluding carboxylic acids is 1. The van der Waals surface area contributed by atoms with Crippen LogP contribution in [0.3, 0.4) is 0 Å². The minimum atomic E-state index is -0.193. The fourth-order valence-electron chi connectivity index (χ4n) is 0.246. The SMILES string of the molecule is C.C.C.C.C.CCCOC(C)=O. The molecule has 0 aromatic carbocycles. The molecule has 0 aromatic heterocycles. The van der Waals surface area contributed by atoms with Gasteiger partial charge in [-0.1, -0.05) is 44.1 Å². The van der Waals surface area contributed by atoms with Crippen molar-refractivity contribution in [2.75, 3.05) is 6.61 Å². The quantitative estimate of drug-likeness (QED) is 0.600. The molecule has 0 rings (SSSR count). The standard InChI is InChI=1S/C5H10O2.5CH4/c1-3-4-7-5(2)6;;;;;/h3-4H2,1-2H3;5*1H4. The van der Waals surface area contributed by atoms with E-state index in [1.54, 1.807) is 0 Å². The summed E-state index contributed by atoms with van der Waals surface area (Å²) in [5.74, 6) is -0.193. The van der Waals surface area contributed by atoms with Crippen molar-refractivity contribution in [1.29, 1.82) is 0 Å². The number of hydrogen-bond acceptors (Lipinski definition) is 2. The highest BCUT2D eigenvalue weighted by Crippen LogP contribution is 1.78. The Bertz CT molecular complexity index is 60.9. The van der Waals surface area contributed by atoms with E-state index < -0.39 is 0 Å². The van der Waals surface area contributed by atoms with Crippen molar-refractivity contribution in [2.45, 2.75) is 57.4 Å². The van der Waals surface area contributed by atoms with Crippen molar-refractivity contribution >= 4 is 5.97 Å². The van der Waals surface area contributed by atoms with Crippen LogP contribution in [0, 0.1) is 0 Å². The molecule has 0 saturated carbocycles. The summed E-state index contributed by atoms with van der Waals surface area (Å²) in [6.07, 6.45) is 0.902. The lowest BCUT2D eigenvalue weighted by atomic mass is 10.5. The first kappa shape index (κ1) is 42.0. The average Bonchev–Trinajstić information content (AvgIpc) is 1.61. The van der Waals surface area contributed by atoms with Crippen molar-refractivity contribution in [3.05, 3.63) is 0 Å². The second kappa shape index (κ2) is 31.4. The van der Waals surface area contributed by atoms with Crippen LogP contribution in [0.25, 0.3) is 0 Å². The van der Waals surface area contributed by atoms with E-state index in [1.165, 1.54) is 6.92 Å². The molecule has 0 heterocycles. The van der Waals surface area contributed by atoms with Gasteiger partial charge in [-0.05, 0) is 6.42 Å². The smallest absolute Gasteiger partial charge is 0.302 e. The van der Waals surface area contributed by atoms with E-state index in [4.69, 9.17) is 0 Å². The maximum Gasteiger partial charge on any atom is 0.302 e. The fourth-order valence-corrected chi connectivity index (χ4v) is 0.246. The molecule has 0 saturated heterocycles. The molecule has 0 atom stereocenters. The highest BCUT2D eigenvalue weighted by Gasteiger charge is 1.85. The van der Waals surface area contributed by atoms with Gasteiger partial charge < -0.3 is 4.74 Å². The average molecular weight is 182 g/mol. The minimum absolute atomic E-state index is 0. The van der Waals surface area contributed by atoms with E-state index in [1.807, 2.05) is 6.92 Å². The molecular formula is C10H30O2. The van der Waals surface area contributed by atoms with Crippen LogP contribution in [0.2, 0.25) is 0 Å². The van der Waals surface area contributed by atoms with E-state index >= 15 is 0 Å². The Kier molecular flexibility index (Phi) is 110. The lowest BCUT2D eigenvalue weighted by molar-refractivity contribution is -0.140. The van der Waals surface area contributed by atoms with Crippen molar-refractivity contribution < 1.29 is 9.53 Å². The third kappa shape index (κ3) is 56.4. The molecule has 0 N–H and O–H groups in total. The Morgan fingerprint density at radius 3 is 1.50 bits per heavy atom. The van der Waals surface area contributed by atoms with Crippen molar-refractivity contribution in [3.63, 3.8) is 0 Å². The van der Waals surface area contributed by atoms with Gasteiger partial charge in [0.25, 0.3) is 0 Å². The van der Waals surface area contributed by atoms with Gasteiger partial charge in [0.2, 0.25) is 0 Å². The normalized spacial score (nSPS) is 4.83. The highest BCUT2D eigenvalue weighted by atomic mass is 16.5. The first-order valence-electron chi connectivity index (χ1n) is 2.40. The largest absolute Gasteiger partial charge is 0.466 e. The molecule has 0 aliphatic rings. The Labute approximate surface area is 80.3 Å². The van der Waals surface area contributed by atoms with Gasteiger partial charge in [0.1, 0.15) is 0 Å². The van der Waals surface area contributed by atoms with Crippen LogP contribution in [0.4, 0.5) is 0 Å². The summed E-state index contributed by atoms with van der Waals surface area (Å²) < 4.78 is 4.55. The first-order chi connectivity index (χ1) is 3.27. The van der Waals surface area contributed by atoms with Gasteiger partial charge in [-0.3, -0.25) is 4.79 Å². The Hall–Kier alpha value is -0.530. The third-order valence-electron chi connectivity index (χ3n) is 0.509. The second-order valence-corrected chi connectivity index (χ2v) is 1.34. The maximum atomic E-state index is 9.98. The van der Waals surface area contributed by atoms with Gasteiger partial charge >= 0.3 is 5.97 Å². The summed E-state index contributed by atoms with van der Waals surface area (Å²) in [5, 5.41) is 0. The number of esters is 1. The minimum Gasteiger partial charge on any atom is -0.466 e. The molecule has 0 spiro atoms. The summed E-state index contributed by atoms with van der Waals surface area (Å²) >= 11 is 0. The highest BCUT2D eigenvalue weighted by molar-refractivity contribution is 5.65. The molecule has 2 heteroatoms. The number of rotatable bonds is 2. The van der Waals surface area contributed by atoms with Gasteiger partial charge in [-0.15, -0.1) is 0 Å². The van der Waals surface area contributed by atoms with Crippen LogP contribution in [-0.2, 0) is 9.53 Å². The van der Waals surface area contributed by atoms with Crippen molar-refractivity contribution in [2.24, 2.45) is 0 Å². The molecule has 0 aliphatic carbocycles. The number of carbonyl (C=O) groups is 1. The zero-order valence-electron chi connectivity index (χ0n) is 4.73. The predicted octanol–water partition coefficient (Wildman–Crippen LogP) is 4.14. The van der Waals surface area contributed by atoms with E-state index in [0.717, 1.165) is 6.42 Å². The molecule has 0 amide bonds. The Morgan fingerprint density at radius 1 is 1.08 bits per heavy atom. The van der Waals surface area contributed by atoms with Crippen LogP contribution in [0.15, 0.2) is 0 Å². The summed E-state index contributed by atoms with van der Waals surface area (Å²) in [5.41, 5.74) is 0. The van der Waals surface area contributed by atoms with E-state index in [0.29, 0.717) is 6.61 Å². The van der Waals surface area contributed by atoms with E-state index in [-0.39, 0.29) is 43.1 Å². The number of hydrogen-bond donors (Lipinski definition) is 0. The van der Waals surface area contributed by atoms with Crippen LogP contribution in [0.5, 0.6) is 0 Å².